The third kappa shape index (κ3) is 2.35. The van der Waals surface area contributed by atoms with E-state index < -0.39 is 0 Å². The lowest BCUT2D eigenvalue weighted by molar-refractivity contribution is 0.0456. The molecule has 1 aliphatic carbocycles. The van der Waals surface area contributed by atoms with Crippen LogP contribution in [0.5, 0.6) is 0 Å². The van der Waals surface area contributed by atoms with Gasteiger partial charge in [0.25, 0.3) is 0 Å². The van der Waals surface area contributed by atoms with Crippen molar-refractivity contribution in [3.63, 3.8) is 0 Å². The zero-order valence-corrected chi connectivity index (χ0v) is 13.6. The normalized spacial score (nSPS) is 31.2. The van der Waals surface area contributed by atoms with Crippen molar-refractivity contribution in [1.82, 2.24) is 5.32 Å². The van der Waals surface area contributed by atoms with Crippen LogP contribution >= 0.6 is 27.5 Å². The second kappa shape index (κ2) is 5.52. The minimum absolute atomic E-state index is 0.327. The molecule has 1 saturated carbocycles. The van der Waals surface area contributed by atoms with E-state index in [2.05, 4.69) is 54.2 Å². The fraction of sp³-hybridized carbons (Fsp3) is 0.600. The molecule has 2 rings (SSSR count). The van der Waals surface area contributed by atoms with Crippen LogP contribution in [0.25, 0.3) is 0 Å². The van der Waals surface area contributed by atoms with E-state index in [-0.39, 0.29) is 0 Å². The lowest BCUT2D eigenvalue weighted by Gasteiger charge is -2.55. The molecule has 3 atom stereocenters. The van der Waals surface area contributed by atoms with Crippen LogP contribution in [0.3, 0.4) is 0 Å². The van der Waals surface area contributed by atoms with Gasteiger partial charge in [0.1, 0.15) is 0 Å². The van der Waals surface area contributed by atoms with Crippen molar-refractivity contribution in [2.75, 3.05) is 6.54 Å². The summed E-state index contributed by atoms with van der Waals surface area (Å²) in [4.78, 5) is 0. The van der Waals surface area contributed by atoms with Gasteiger partial charge in [0.05, 0.1) is 0 Å². The Morgan fingerprint density at radius 3 is 2.72 bits per heavy atom. The molecule has 0 amide bonds. The number of benzene rings is 1. The third-order valence-corrected chi connectivity index (χ3v) is 5.43. The average molecular weight is 331 g/mol. The Balaban J connectivity index is 2.24. The Bertz CT molecular complexity index is 435. The van der Waals surface area contributed by atoms with Gasteiger partial charge in [-0.2, -0.15) is 0 Å². The van der Waals surface area contributed by atoms with Crippen LogP contribution in [0, 0.1) is 5.41 Å². The van der Waals surface area contributed by atoms with Crippen molar-refractivity contribution in [3.05, 3.63) is 33.3 Å². The molecule has 0 radical (unpaired) electrons. The molecule has 0 heterocycles. The van der Waals surface area contributed by atoms with Gasteiger partial charge in [-0.1, -0.05) is 54.4 Å². The molecular formula is C15H21BrClN. The molecule has 1 N–H and O–H groups in total. The summed E-state index contributed by atoms with van der Waals surface area (Å²) in [7, 11) is 0. The summed E-state index contributed by atoms with van der Waals surface area (Å²) in [5, 5.41) is 4.49. The van der Waals surface area contributed by atoms with Gasteiger partial charge >= 0.3 is 0 Å². The average Bonchev–Trinajstić information content (AvgIpc) is 2.34. The number of hydrogen-bond donors (Lipinski definition) is 1. The maximum atomic E-state index is 6.40. The van der Waals surface area contributed by atoms with Crippen LogP contribution in [0.1, 0.15) is 45.1 Å². The SMILES string of the molecule is CCNC1CC(c2ccc(Br)cc2Cl)C1(C)CC. The summed E-state index contributed by atoms with van der Waals surface area (Å²) in [6.45, 7) is 7.88. The predicted molar refractivity (Wildman–Crippen MR) is 82.4 cm³/mol. The first kappa shape index (κ1) is 14.4. The quantitative estimate of drug-likeness (QED) is 0.820. The molecule has 1 nitrogen and oxygen atoms in total. The highest BCUT2D eigenvalue weighted by atomic mass is 79.9. The third-order valence-electron chi connectivity index (χ3n) is 4.61. The molecule has 3 heteroatoms. The molecule has 1 aromatic carbocycles. The highest BCUT2D eigenvalue weighted by molar-refractivity contribution is 9.10. The van der Waals surface area contributed by atoms with Crippen molar-refractivity contribution in [2.45, 2.75) is 45.6 Å². The molecule has 1 aliphatic rings. The smallest absolute Gasteiger partial charge is 0.0452 e. The fourth-order valence-corrected chi connectivity index (χ4v) is 3.98. The maximum absolute atomic E-state index is 6.40. The van der Waals surface area contributed by atoms with Crippen LogP contribution in [-0.2, 0) is 0 Å². The highest BCUT2D eigenvalue weighted by Gasteiger charge is 2.50. The molecule has 18 heavy (non-hydrogen) atoms. The predicted octanol–water partition coefficient (Wildman–Crippen LogP) is 4.98. The van der Waals surface area contributed by atoms with Crippen LogP contribution in [-0.4, -0.2) is 12.6 Å². The van der Waals surface area contributed by atoms with Gasteiger partial charge in [0.15, 0.2) is 0 Å². The molecule has 0 aromatic heterocycles. The van der Waals surface area contributed by atoms with Crippen molar-refractivity contribution in [3.8, 4) is 0 Å². The second-order valence-corrected chi connectivity index (χ2v) is 6.75. The zero-order valence-electron chi connectivity index (χ0n) is 11.3. The Morgan fingerprint density at radius 2 is 2.17 bits per heavy atom. The summed E-state index contributed by atoms with van der Waals surface area (Å²) in [5.41, 5.74) is 1.63. The minimum Gasteiger partial charge on any atom is -0.314 e. The van der Waals surface area contributed by atoms with Crippen LogP contribution < -0.4 is 5.32 Å². The van der Waals surface area contributed by atoms with Gasteiger partial charge in [0.2, 0.25) is 0 Å². The number of rotatable bonds is 4. The van der Waals surface area contributed by atoms with E-state index in [1.807, 2.05) is 6.07 Å². The zero-order chi connectivity index (χ0) is 13.3. The molecule has 1 fully saturated rings. The summed E-state index contributed by atoms with van der Waals surface area (Å²) >= 11 is 9.87. The van der Waals surface area contributed by atoms with Crippen LogP contribution in [0.2, 0.25) is 5.02 Å². The monoisotopic (exact) mass is 329 g/mol. The molecule has 0 bridgehead atoms. The topological polar surface area (TPSA) is 12.0 Å². The van der Waals surface area contributed by atoms with E-state index in [0.29, 0.717) is 17.4 Å². The second-order valence-electron chi connectivity index (χ2n) is 5.42. The van der Waals surface area contributed by atoms with E-state index >= 15 is 0 Å². The first-order valence-electron chi connectivity index (χ1n) is 6.71. The van der Waals surface area contributed by atoms with Crippen molar-refractivity contribution < 1.29 is 0 Å². The van der Waals surface area contributed by atoms with Gasteiger partial charge in [-0.25, -0.2) is 0 Å². The first-order valence-corrected chi connectivity index (χ1v) is 7.88. The standard InChI is InChI=1S/C15H21BrClN/c1-4-15(3)12(9-14(15)18-5-2)11-7-6-10(16)8-13(11)17/h6-8,12,14,18H,4-5,9H2,1-3H3. The van der Waals surface area contributed by atoms with E-state index in [4.69, 9.17) is 11.6 Å². The molecule has 100 valence electrons. The Morgan fingerprint density at radius 1 is 1.44 bits per heavy atom. The van der Waals surface area contributed by atoms with Gasteiger partial charge in [-0.15, -0.1) is 0 Å². The molecule has 3 unspecified atom stereocenters. The van der Waals surface area contributed by atoms with Gasteiger partial charge in [-0.05, 0) is 48.4 Å². The largest absolute Gasteiger partial charge is 0.314 e. The minimum atomic E-state index is 0.327. The Hall–Kier alpha value is -0.0500. The van der Waals surface area contributed by atoms with E-state index in [0.717, 1.165) is 16.0 Å². The Kier molecular flexibility index (Phi) is 4.40. The molecule has 1 aromatic rings. The summed E-state index contributed by atoms with van der Waals surface area (Å²) < 4.78 is 1.05. The van der Waals surface area contributed by atoms with Crippen molar-refractivity contribution in [2.24, 2.45) is 5.41 Å². The van der Waals surface area contributed by atoms with Crippen LogP contribution in [0.4, 0.5) is 0 Å². The van der Waals surface area contributed by atoms with Gasteiger partial charge in [0, 0.05) is 15.5 Å². The summed E-state index contributed by atoms with van der Waals surface area (Å²) in [6, 6.07) is 6.90. The number of nitrogens with one attached hydrogen (secondary N) is 1. The van der Waals surface area contributed by atoms with Gasteiger partial charge in [-0.3, -0.25) is 0 Å². The Labute approximate surface area is 123 Å². The van der Waals surface area contributed by atoms with Crippen LogP contribution in [0.15, 0.2) is 22.7 Å². The molecular weight excluding hydrogens is 310 g/mol. The van der Waals surface area contributed by atoms with E-state index in [9.17, 15) is 0 Å². The lowest BCUT2D eigenvalue weighted by Crippen LogP contribution is -2.56. The summed E-state index contributed by atoms with van der Waals surface area (Å²) in [5.74, 6) is 0.576. The van der Waals surface area contributed by atoms with Crippen molar-refractivity contribution in [1.29, 1.82) is 0 Å². The molecule has 0 aliphatic heterocycles. The van der Waals surface area contributed by atoms with E-state index in [1.54, 1.807) is 0 Å². The maximum Gasteiger partial charge on any atom is 0.0452 e. The summed E-state index contributed by atoms with van der Waals surface area (Å²) in [6.07, 6.45) is 2.38. The van der Waals surface area contributed by atoms with Gasteiger partial charge < -0.3 is 5.32 Å². The van der Waals surface area contributed by atoms with E-state index in [1.165, 1.54) is 18.4 Å². The van der Waals surface area contributed by atoms with Crippen molar-refractivity contribution >= 4 is 27.5 Å². The number of hydrogen-bond acceptors (Lipinski definition) is 1. The first-order chi connectivity index (χ1) is 8.52. The molecule has 0 spiro atoms. The fourth-order valence-electron chi connectivity index (χ4n) is 3.18. The lowest BCUT2D eigenvalue weighted by atomic mass is 9.54. The highest BCUT2D eigenvalue weighted by Crippen LogP contribution is 2.56. The molecule has 0 saturated heterocycles. The number of halogens is 2.